The molecule has 2 N–H and O–H groups in total. The van der Waals surface area contributed by atoms with Crippen LogP contribution in [0.5, 0.6) is 0 Å². The number of aromatic amines is 1. The van der Waals surface area contributed by atoms with Crippen LogP contribution in [0.25, 0.3) is 33.4 Å². The van der Waals surface area contributed by atoms with Crippen molar-refractivity contribution in [2.45, 2.75) is 33.9 Å². The van der Waals surface area contributed by atoms with E-state index in [9.17, 15) is 4.79 Å². The van der Waals surface area contributed by atoms with Gasteiger partial charge >= 0.3 is 5.69 Å². The van der Waals surface area contributed by atoms with E-state index >= 15 is 0 Å². The van der Waals surface area contributed by atoms with Gasteiger partial charge in [0.15, 0.2) is 5.82 Å². The summed E-state index contributed by atoms with van der Waals surface area (Å²) in [4.78, 5) is 12.7. The lowest BCUT2D eigenvalue weighted by molar-refractivity contribution is 0.671. The molecule has 2 heterocycles. The highest BCUT2D eigenvalue weighted by Gasteiger charge is 2.18. The molecule has 4 rings (SSSR count). The van der Waals surface area contributed by atoms with Crippen LogP contribution in [-0.4, -0.2) is 26.4 Å². The first-order valence-electron chi connectivity index (χ1n) is 9.65. The number of H-pyrrole nitrogens is 1. The van der Waals surface area contributed by atoms with Crippen LogP contribution < -0.4 is 11.0 Å². The number of hydrogen-bond donors (Lipinski definition) is 2. The molecule has 144 valence electrons. The summed E-state index contributed by atoms with van der Waals surface area (Å²) in [6.45, 7) is 7.38. The van der Waals surface area contributed by atoms with Crippen molar-refractivity contribution >= 4 is 16.9 Å². The average molecular weight is 375 g/mol. The number of fused-ring (bicyclic) bond motifs is 1. The zero-order chi connectivity index (χ0) is 19.8. The first kappa shape index (κ1) is 18.1. The molecule has 4 aromatic rings. The van der Waals surface area contributed by atoms with Crippen LogP contribution in [0, 0.1) is 6.92 Å². The lowest BCUT2D eigenvalue weighted by Crippen LogP contribution is -2.22. The Morgan fingerprint density at radius 2 is 1.75 bits per heavy atom. The molecular weight excluding hydrogens is 350 g/mol. The van der Waals surface area contributed by atoms with Gasteiger partial charge in [-0.2, -0.15) is 5.10 Å². The molecule has 0 aliphatic rings. The maximum Gasteiger partial charge on any atom is 0.329 e. The second-order valence-corrected chi connectivity index (χ2v) is 6.92. The number of benzene rings is 2. The highest BCUT2D eigenvalue weighted by atomic mass is 16.1. The van der Waals surface area contributed by atoms with Crippen LogP contribution in [-0.2, 0) is 13.1 Å². The molecule has 0 saturated carbocycles. The maximum absolute atomic E-state index is 12.7. The standard InChI is InChI=1S/C22H25N5O/c1-5-26-17-11-10-15(13-18(17)27(6-2)22(26)28)19-20(24-25-21(19)23-4)16-9-7-8-14(3)12-16/h7-13H,5-6H2,1-4H3,(H2,23,24,25). The van der Waals surface area contributed by atoms with E-state index in [1.807, 2.05) is 42.2 Å². The van der Waals surface area contributed by atoms with Crippen molar-refractivity contribution in [2.24, 2.45) is 0 Å². The third-order valence-corrected chi connectivity index (χ3v) is 5.25. The molecule has 2 aromatic heterocycles. The van der Waals surface area contributed by atoms with Crippen molar-refractivity contribution in [2.75, 3.05) is 12.4 Å². The lowest BCUT2D eigenvalue weighted by Gasteiger charge is -2.08. The number of nitrogens with zero attached hydrogens (tertiary/aromatic N) is 3. The van der Waals surface area contributed by atoms with Gasteiger partial charge in [-0.1, -0.05) is 29.8 Å². The van der Waals surface area contributed by atoms with Crippen molar-refractivity contribution in [1.82, 2.24) is 19.3 Å². The van der Waals surface area contributed by atoms with Gasteiger partial charge in [0.2, 0.25) is 0 Å². The van der Waals surface area contributed by atoms with Gasteiger partial charge in [-0.3, -0.25) is 14.2 Å². The SMILES string of the molecule is CCn1c(=O)n(CC)c2cc(-c3c(NC)n[nH]c3-c3cccc(C)c3)ccc21. The Balaban J connectivity index is 1.98. The summed E-state index contributed by atoms with van der Waals surface area (Å²) in [5, 5.41) is 10.8. The summed E-state index contributed by atoms with van der Waals surface area (Å²) >= 11 is 0. The number of aromatic nitrogens is 4. The molecule has 0 aliphatic carbocycles. The fourth-order valence-electron chi connectivity index (χ4n) is 3.90. The number of aryl methyl sites for hydroxylation is 3. The van der Waals surface area contributed by atoms with Gasteiger partial charge in [-0.15, -0.1) is 0 Å². The molecule has 2 aromatic carbocycles. The molecule has 0 saturated heterocycles. The van der Waals surface area contributed by atoms with Crippen LogP contribution >= 0.6 is 0 Å². The predicted molar refractivity (Wildman–Crippen MR) is 115 cm³/mol. The van der Waals surface area contributed by atoms with Crippen molar-refractivity contribution in [3.05, 3.63) is 58.5 Å². The minimum atomic E-state index is 0.0390. The normalized spacial score (nSPS) is 11.3. The number of nitrogens with one attached hydrogen (secondary N) is 2. The van der Waals surface area contributed by atoms with E-state index in [4.69, 9.17) is 0 Å². The number of imidazole rings is 1. The number of anilines is 1. The molecule has 0 aliphatic heterocycles. The summed E-state index contributed by atoms with van der Waals surface area (Å²) in [7, 11) is 1.87. The Kier molecular flexibility index (Phi) is 4.55. The van der Waals surface area contributed by atoms with Crippen LogP contribution in [0.15, 0.2) is 47.3 Å². The zero-order valence-electron chi connectivity index (χ0n) is 16.7. The number of rotatable bonds is 5. The Morgan fingerprint density at radius 1 is 1.00 bits per heavy atom. The second-order valence-electron chi connectivity index (χ2n) is 6.92. The Bertz CT molecular complexity index is 1210. The second kappa shape index (κ2) is 7.03. The van der Waals surface area contributed by atoms with Gasteiger partial charge < -0.3 is 5.32 Å². The highest BCUT2D eigenvalue weighted by Crippen LogP contribution is 2.37. The third kappa shape index (κ3) is 2.72. The summed E-state index contributed by atoms with van der Waals surface area (Å²) < 4.78 is 3.65. The first-order valence-corrected chi connectivity index (χ1v) is 9.65. The monoisotopic (exact) mass is 375 g/mol. The molecule has 0 bridgehead atoms. The lowest BCUT2D eigenvalue weighted by atomic mass is 9.99. The molecule has 0 amide bonds. The maximum atomic E-state index is 12.7. The zero-order valence-corrected chi connectivity index (χ0v) is 16.7. The smallest absolute Gasteiger partial charge is 0.329 e. The van der Waals surface area contributed by atoms with Crippen molar-refractivity contribution < 1.29 is 0 Å². The van der Waals surface area contributed by atoms with Crippen LogP contribution in [0.4, 0.5) is 5.82 Å². The summed E-state index contributed by atoms with van der Waals surface area (Å²) in [6, 6.07) is 14.6. The molecule has 28 heavy (non-hydrogen) atoms. The molecule has 6 nitrogen and oxygen atoms in total. The van der Waals surface area contributed by atoms with Gasteiger partial charge in [0.25, 0.3) is 0 Å². The molecular formula is C22H25N5O. The predicted octanol–water partition coefficient (Wildman–Crippen LogP) is 4.25. The van der Waals surface area contributed by atoms with Crippen LogP contribution in [0.3, 0.4) is 0 Å². The van der Waals surface area contributed by atoms with E-state index in [2.05, 4.69) is 52.8 Å². The fourth-order valence-corrected chi connectivity index (χ4v) is 3.90. The van der Waals surface area contributed by atoms with E-state index in [-0.39, 0.29) is 5.69 Å². The average Bonchev–Trinajstić information content (AvgIpc) is 3.25. The molecule has 0 atom stereocenters. The van der Waals surface area contributed by atoms with Crippen molar-refractivity contribution in [1.29, 1.82) is 0 Å². The van der Waals surface area contributed by atoms with Crippen molar-refractivity contribution in [3.63, 3.8) is 0 Å². The topological polar surface area (TPSA) is 67.6 Å². The summed E-state index contributed by atoms with van der Waals surface area (Å²) in [5.41, 5.74) is 7.23. The molecule has 0 spiro atoms. The van der Waals surface area contributed by atoms with E-state index in [1.54, 1.807) is 0 Å². The largest absolute Gasteiger partial charge is 0.371 e. The van der Waals surface area contributed by atoms with Crippen molar-refractivity contribution in [3.8, 4) is 22.4 Å². The van der Waals surface area contributed by atoms with Crippen LogP contribution in [0.2, 0.25) is 0 Å². The Morgan fingerprint density at radius 3 is 2.43 bits per heavy atom. The Labute approximate surface area is 163 Å². The molecule has 0 radical (unpaired) electrons. The minimum Gasteiger partial charge on any atom is -0.371 e. The Hall–Kier alpha value is -3.28. The quantitative estimate of drug-likeness (QED) is 0.548. The van der Waals surface area contributed by atoms with Gasteiger partial charge in [0.1, 0.15) is 0 Å². The minimum absolute atomic E-state index is 0.0390. The third-order valence-electron chi connectivity index (χ3n) is 5.25. The van der Waals surface area contributed by atoms with Gasteiger partial charge in [0, 0.05) is 25.7 Å². The summed E-state index contributed by atoms with van der Waals surface area (Å²) in [5.74, 6) is 0.788. The van der Waals surface area contributed by atoms with E-state index < -0.39 is 0 Å². The number of hydrogen-bond acceptors (Lipinski definition) is 3. The molecule has 0 fully saturated rings. The summed E-state index contributed by atoms with van der Waals surface area (Å²) in [6.07, 6.45) is 0. The van der Waals surface area contributed by atoms with Gasteiger partial charge in [-0.25, -0.2) is 4.79 Å². The fraction of sp³-hybridized carbons (Fsp3) is 0.273. The van der Waals surface area contributed by atoms with E-state index in [0.29, 0.717) is 13.1 Å². The molecule has 0 unspecified atom stereocenters. The van der Waals surface area contributed by atoms with Gasteiger partial charge in [-0.05, 0) is 44.5 Å². The molecule has 6 heteroatoms. The van der Waals surface area contributed by atoms with Crippen LogP contribution in [0.1, 0.15) is 19.4 Å². The van der Waals surface area contributed by atoms with E-state index in [0.717, 1.165) is 39.2 Å². The van der Waals surface area contributed by atoms with E-state index in [1.165, 1.54) is 5.56 Å². The highest BCUT2D eigenvalue weighted by molar-refractivity contribution is 5.92. The first-order chi connectivity index (χ1) is 13.6. The van der Waals surface area contributed by atoms with Gasteiger partial charge in [0.05, 0.1) is 22.3 Å².